The quantitative estimate of drug-likeness (QED) is 0.606. The number of fused-ring (bicyclic) bond motifs is 1. The van der Waals surface area contributed by atoms with E-state index < -0.39 is 5.82 Å². The SMILES string of the molecule is O=C(COc1ccc(Cl)c(F)c1)NC12CC(NC(=O)c3cnc4sccc4c3)(C1)C2. The van der Waals surface area contributed by atoms with Crippen molar-refractivity contribution in [3.05, 3.63) is 58.3 Å². The highest BCUT2D eigenvalue weighted by molar-refractivity contribution is 7.16. The fourth-order valence-corrected chi connectivity index (χ4v) is 5.23. The summed E-state index contributed by atoms with van der Waals surface area (Å²) in [5, 5.41) is 8.95. The minimum atomic E-state index is -0.597. The zero-order valence-electron chi connectivity index (χ0n) is 15.7. The lowest BCUT2D eigenvalue weighted by Crippen LogP contribution is -2.84. The molecule has 154 valence electrons. The van der Waals surface area contributed by atoms with Crippen LogP contribution in [0.3, 0.4) is 0 Å². The first-order valence-electron chi connectivity index (χ1n) is 9.40. The summed E-state index contributed by atoms with van der Waals surface area (Å²) in [4.78, 5) is 30.0. The van der Waals surface area contributed by atoms with Crippen molar-refractivity contribution < 1.29 is 18.7 Å². The molecule has 3 aliphatic carbocycles. The average Bonchev–Trinajstić information content (AvgIpc) is 3.14. The van der Waals surface area contributed by atoms with Gasteiger partial charge in [-0.2, -0.15) is 0 Å². The third-order valence-corrected chi connectivity index (χ3v) is 6.79. The number of thiophene rings is 1. The molecule has 1 aromatic carbocycles. The molecule has 2 amide bonds. The molecule has 0 aliphatic heterocycles. The fraction of sp³-hybridized carbons (Fsp3) is 0.286. The highest BCUT2D eigenvalue weighted by Crippen LogP contribution is 2.60. The third kappa shape index (κ3) is 3.40. The topological polar surface area (TPSA) is 80.3 Å². The summed E-state index contributed by atoms with van der Waals surface area (Å²) in [5.74, 6) is -0.787. The van der Waals surface area contributed by atoms with Gasteiger partial charge in [-0.15, -0.1) is 11.3 Å². The van der Waals surface area contributed by atoms with Gasteiger partial charge in [0.2, 0.25) is 0 Å². The van der Waals surface area contributed by atoms with Crippen molar-refractivity contribution in [2.45, 2.75) is 30.3 Å². The average molecular weight is 446 g/mol. The molecule has 3 aliphatic rings. The summed E-state index contributed by atoms with van der Waals surface area (Å²) in [6.07, 6.45) is 3.64. The summed E-state index contributed by atoms with van der Waals surface area (Å²) in [6.45, 7) is -0.214. The number of ether oxygens (including phenoxy) is 1. The molecule has 2 heterocycles. The van der Waals surface area contributed by atoms with E-state index in [2.05, 4.69) is 15.6 Å². The molecule has 0 unspecified atom stereocenters. The van der Waals surface area contributed by atoms with Crippen LogP contribution in [0, 0.1) is 5.82 Å². The van der Waals surface area contributed by atoms with Crippen LogP contribution in [0.4, 0.5) is 4.39 Å². The number of aromatic nitrogens is 1. The number of halogens is 2. The van der Waals surface area contributed by atoms with E-state index in [1.165, 1.54) is 23.5 Å². The van der Waals surface area contributed by atoms with Crippen LogP contribution in [0.2, 0.25) is 5.02 Å². The molecule has 2 aromatic heterocycles. The fourth-order valence-electron chi connectivity index (χ4n) is 4.40. The van der Waals surface area contributed by atoms with E-state index in [-0.39, 0.29) is 40.3 Å². The number of benzene rings is 1. The third-order valence-electron chi connectivity index (χ3n) is 5.64. The van der Waals surface area contributed by atoms with Crippen LogP contribution in [-0.4, -0.2) is 34.5 Å². The van der Waals surface area contributed by atoms with Crippen molar-refractivity contribution in [3.63, 3.8) is 0 Å². The van der Waals surface area contributed by atoms with Gasteiger partial charge in [0.15, 0.2) is 6.61 Å². The van der Waals surface area contributed by atoms with Crippen LogP contribution in [0.1, 0.15) is 29.6 Å². The number of nitrogens with zero attached hydrogens (tertiary/aromatic N) is 1. The van der Waals surface area contributed by atoms with Gasteiger partial charge in [-0.25, -0.2) is 9.37 Å². The van der Waals surface area contributed by atoms with Gasteiger partial charge in [0, 0.05) is 28.7 Å². The standard InChI is InChI=1S/C21H17ClFN3O3S/c22-15-2-1-14(6-16(15)23)29-8-17(27)25-20-9-21(10-20,11-20)26-18(28)13-5-12-3-4-30-19(12)24-7-13/h1-7H,8-11H2,(H,25,27)(H,26,28). The van der Waals surface area contributed by atoms with Gasteiger partial charge in [0.25, 0.3) is 11.8 Å². The van der Waals surface area contributed by atoms with Gasteiger partial charge in [-0.05, 0) is 48.9 Å². The molecule has 6 nitrogen and oxygen atoms in total. The molecule has 2 bridgehead atoms. The number of nitrogens with one attached hydrogen (secondary N) is 2. The normalized spacial score (nSPS) is 23.9. The molecule has 9 heteroatoms. The number of pyridine rings is 1. The van der Waals surface area contributed by atoms with E-state index >= 15 is 0 Å². The van der Waals surface area contributed by atoms with Crippen molar-refractivity contribution in [3.8, 4) is 5.75 Å². The molecule has 3 fully saturated rings. The zero-order chi connectivity index (χ0) is 20.9. The Bertz CT molecular complexity index is 1160. The summed E-state index contributed by atoms with van der Waals surface area (Å²) in [6, 6.07) is 7.81. The lowest BCUT2D eigenvalue weighted by atomic mass is 9.44. The van der Waals surface area contributed by atoms with Gasteiger partial charge in [0.05, 0.1) is 10.6 Å². The molecule has 0 atom stereocenters. The second-order valence-electron chi connectivity index (χ2n) is 8.00. The lowest BCUT2D eigenvalue weighted by Gasteiger charge is -2.70. The molecular formula is C21H17ClFN3O3S. The van der Waals surface area contributed by atoms with E-state index in [0.717, 1.165) is 16.3 Å². The Balaban J connectivity index is 1.11. The molecule has 30 heavy (non-hydrogen) atoms. The van der Waals surface area contributed by atoms with Gasteiger partial charge < -0.3 is 15.4 Å². The second kappa shape index (κ2) is 6.92. The Morgan fingerprint density at radius 2 is 1.93 bits per heavy atom. The smallest absolute Gasteiger partial charge is 0.258 e. The molecule has 0 saturated heterocycles. The number of rotatable bonds is 6. The van der Waals surface area contributed by atoms with Crippen molar-refractivity contribution in [1.29, 1.82) is 0 Å². The first-order chi connectivity index (χ1) is 14.4. The van der Waals surface area contributed by atoms with Crippen LogP contribution in [0.25, 0.3) is 10.2 Å². The van der Waals surface area contributed by atoms with E-state index in [1.54, 1.807) is 6.20 Å². The monoisotopic (exact) mass is 445 g/mol. The number of amides is 2. The Kier molecular flexibility index (Phi) is 4.44. The minimum Gasteiger partial charge on any atom is -0.484 e. The largest absolute Gasteiger partial charge is 0.484 e. The summed E-state index contributed by atoms with van der Waals surface area (Å²) < 4.78 is 18.7. The molecular weight excluding hydrogens is 429 g/mol. The highest BCUT2D eigenvalue weighted by atomic mass is 35.5. The number of hydrogen-bond acceptors (Lipinski definition) is 5. The maximum atomic E-state index is 13.4. The number of hydrogen-bond donors (Lipinski definition) is 2. The molecule has 0 radical (unpaired) electrons. The summed E-state index contributed by atoms with van der Waals surface area (Å²) >= 11 is 7.16. The number of carbonyl (C=O) groups excluding carboxylic acids is 2. The van der Waals surface area contributed by atoms with Crippen LogP contribution in [0.15, 0.2) is 41.9 Å². The van der Waals surface area contributed by atoms with Crippen molar-refractivity contribution in [2.24, 2.45) is 0 Å². The van der Waals surface area contributed by atoms with Crippen molar-refractivity contribution in [2.75, 3.05) is 6.61 Å². The first kappa shape index (κ1) is 19.3. The van der Waals surface area contributed by atoms with Crippen LogP contribution < -0.4 is 15.4 Å². The van der Waals surface area contributed by atoms with Gasteiger partial charge in [-0.3, -0.25) is 9.59 Å². The molecule has 3 saturated carbocycles. The van der Waals surface area contributed by atoms with Crippen LogP contribution >= 0.6 is 22.9 Å². The number of carbonyl (C=O) groups is 2. The van der Waals surface area contributed by atoms with Crippen molar-refractivity contribution >= 4 is 45.0 Å². The molecule has 2 N–H and O–H groups in total. The van der Waals surface area contributed by atoms with Gasteiger partial charge in [0.1, 0.15) is 16.4 Å². The molecule has 0 spiro atoms. The summed E-state index contributed by atoms with van der Waals surface area (Å²) in [7, 11) is 0. The Hall–Kier alpha value is -2.71. The van der Waals surface area contributed by atoms with Crippen LogP contribution in [-0.2, 0) is 4.79 Å². The van der Waals surface area contributed by atoms with E-state index in [4.69, 9.17) is 16.3 Å². The summed E-state index contributed by atoms with van der Waals surface area (Å²) in [5.41, 5.74) is -0.0323. The maximum absolute atomic E-state index is 13.4. The maximum Gasteiger partial charge on any atom is 0.258 e. The Morgan fingerprint density at radius 3 is 2.70 bits per heavy atom. The van der Waals surface area contributed by atoms with E-state index in [9.17, 15) is 14.0 Å². The first-order valence-corrected chi connectivity index (χ1v) is 10.7. The van der Waals surface area contributed by atoms with E-state index in [0.29, 0.717) is 24.8 Å². The van der Waals surface area contributed by atoms with E-state index in [1.807, 2.05) is 17.5 Å². The van der Waals surface area contributed by atoms with Gasteiger partial charge in [-0.1, -0.05) is 11.6 Å². The van der Waals surface area contributed by atoms with Crippen molar-refractivity contribution in [1.82, 2.24) is 15.6 Å². The minimum absolute atomic E-state index is 0.000892. The second-order valence-corrected chi connectivity index (χ2v) is 9.30. The predicted octanol–water partition coefficient (Wildman–Crippen LogP) is 3.69. The highest BCUT2D eigenvalue weighted by Gasteiger charge is 2.69. The zero-order valence-corrected chi connectivity index (χ0v) is 17.3. The van der Waals surface area contributed by atoms with Gasteiger partial charge >= 0.3 is 0 Å². The molecule has 3 aromatic rings. The predicted molar refractivity (Wildman–Crippen MR) is 111 cm³/mol. The molecule has 6 rings (SSSR count). The Labute approximate surface area is 180 Å². The Morgan fingerprint density at radius 1 is 1.17 bits per heavy atom. The van der Waals surface area contributed by atoms with Crippen LogP contribution in [0.5, 0.6) is 5.75 Å². The lowest BCUT2D eigenvalue weighted by molar-refractivity contribution is -0.141.